The molecule has 1 aromatic heterocycles. The first-order valence-electron chi connectivity index (χ1n) is 13.6. The first-order chi connectivity index (χ1) is 21.3. The average molecular weight is 668 g/mol. The van der Waals surface area contributed by atoms with E-state index >= 15 is 0 Å². The van der Waals surface area contributed by atoms with Crippen LogP contribution >= 0.6 is 11.8 Å². The Balaban J connectivity index is 0.000000422. The molecule has 0 saturated carbocycles. The van der Waals surface area contributed by atoms with E-state index in [1.807, 2.05) is 75.6 Å². The lowest BCUT2D eigenvalue weighted by molar-refractivity contribution is -0.862. The molecule has 46 heavy (non-hydrogen) atoms. The lowest BCUT2D eigenvalue weighted by Crippen LogP contribution is -2.42. The maximum absolute atomic E-state index is 11.6. The van der Waals surface area contributed by atoms with Crippen LogP contribution in [0.15, 0.2) is 48.7 Å². The maximum atomic E-state index is 11.6. The summed E-state index contributed by atoms with van der Waals surface area (Å²) in [5.74, 6) is -4.30. The van der Waals surface area contributed by atoms with E-state index in [0.29, 0.717) is 17.5 Å². The molecule has 0 spiro atoms. The molecule has 1 aliphatic rings. The fourth-order valence-electron chi connectivity index (χ4n) is 3.58. The lowest BCUT2D eigenvalue weighted by Gasteiger charge is -2.20. The summed E-state index contributed by atoms with van der Waals surface area (Å²) in [5.41, 5.74) is -1.74. The minimum atomic E-state index is -2.74. The number of imide groups is 1. The summed E-state index contributed by atoms with van der Waals surface area (Å²) in [6, 6.07) is 13.4. The van der Waals surface area contributed by atoms with E-state index in [1.165, 1.54) is 0 Å². The molecule has 17 heteroatoms. The largest absolute Gasteiger partial charge is 0.492 e. The molecule has 6 N–H and O–H groups in total. The molecule has 2 heterocycles. The van der Waals surface area contributed by atoms with Gasteiger partial charge in [-0.2, -0.15) is 0 Å². The van der Waals surface area contributed by atoms with E-state index in [4.69, 9.17) is 30.3 Å². The van der Waals surface area contributed by atoms with Crippen LogP contribution in [0.25, 0.3) is 0 Å². The number of carbonyl (C=O) groups is 6. The quantitative estimate of drug-likeness (QED) is 0.154. The van der Waals surface area contributed by atoms with Gasteiger partial charge >= 0.3 is 23.9 Å². The fourth-order valence-corrected chi connectivity index (χ4v) is 4.44. The van der Waals surface area contributed by atoms with Gasteiger partial charge in [0, 0.05) is 13.2 Å². The Bertz CT molecular complexity index is 1330. The highest BCUT2D eigenvalue weighted by Crippen LogP contribution is 2.24. The van der Waals surface area contributed by atoms with Crippen molar-refractivity contribution in [2.75, 3.05) is 52.8 Å². The first-order valence-corrected chi connectivity index (χ1v) is 14.5. The van der Waals surface area contributed by atoms with E-state index in [1.54, 1.807) is 6.20 Å². The molecule has 0 aliphatic carbocycles. The van der Waals surface area contributed by atoms with Gasteiger partial charge in [0.15, 0.2) is 12.1 Å². The van der Waals surface area contributed by atoms with E-state index in [-0.39, 0.29) is 22.9 Å². The van der Waals surface area contributed by atoms with Gasteiger partial charge in [0.1, 0.15) is 18.2 Å². The molecule has 0 radical (unpaired) electrons. The van der Waals surface area contributed by atoms with Gasteiger partial charge in [-0.3, -0.25) is 24.5 Å². The third-order valence-electron chi connectivity index (χ3n) is 5.74. The van der Waals surface area contributed by atoms with Crippen LogP contribution in [0, 0.1) is 0 Å². The number of hydrogen-bond acceptors (Lipinski definition) is 11. The molecule has 1 unspecified atom stereocenters. The Morgan fingerprint density at radius 2 is 1.54 bits per heavy atom. The van der Waals surface area contributed by atoms with Gasteiger partial charge < -0.3 is 39.7 Å². The number of carboxylic acids is 4. The SMILES string of the molecule is CN(CCOc1ccc(CC2SC(=O)NC2=O)cc1)c1ccccn1.C[N+](C)(C)CC(=O)O.O=C(O)CC(O)(CC(=O)O)C(=O)O. The van der Waals surface area contributed by atoms with Crippen molar-refractivity contribution in [2.24, 2.45) is 0 Å². The highest BCUT2D eigenvalue weighted by atomic mass is 32.2. The van der Waals surface area contributed by atoms with Gasteiger partial charge in [0.25, 0.3) is 5.24 Å². The topological polar surface area (TPSA) is 241 Å². The normalized spacial score (nSPS) is 14.1. The Hall–Kier alpha value is -4.74. The number of hydrogen-bond donors (Lipinski definition) is 6. The van der Waals surface area contributed by atoms with Gasteiger partial charge in [-0.05, 0) is 36.2 Å². The Kier molecular flexibility index (Phi) is 15.6. The van der Waals surface area contributed by atoms with Crippen LogP contribution in [0.5, 0.6) is 5.75 Å². The number of aliphatic carboxylic acids is 4. The van der Waals surface area contributed by atoms with Gasteiger partial charge in [0.05, 0.1) is 45.8 Å². The van der Waals surface area contributed by atoms with E-state index < -0.39 is 42.3 Å². The van der Waals surface area contributed by atoms with Crippen molar-refractivity contribution in [1.29, 1.82) is 0 Å². The van der Waals surface area contributed by atoms with Crippen molar-refractivity contribution < 1.29 is 63.5 Å². The third kappa shape index (κ3) is 15.8. The Labute approximate surface area is 269 Å². The maximum Gasteiger partial charge on any atom is 0.359 e. The van der Waals surface area contributed by atoms with E-state index in [9.17, 15) is 28.8 Å². The van der Waals surface area contributed by atoms with Crippen molar-refractivity contribution in [3.63, 3.8) is 0 Å². The van der Waals surface area contributed by atoms with Crippen LogP contribution in [0.2, 0.25) is 0 Å². The number of nitrogens with one attached hydrogen (secondary N) is 1. The van der Waals surface area contributed by atoms with Crippen LogP contribution in [-0.4, -0.2) is 129 Å². The number of thioether (sulfide) groups is 1. The zero-order valence-electron chi connectivity index (χ0n) is 25.8. The number of benzene rings is 1. The fraction of sp³-hybridized carbons (Fsp3) is 0.414. The Morgan fingerprint density at radius 1 is 0.957 bits per heavy atom. The third-order valence-corrected chi connectivity index (χ3v) is 6.72. The summed E-state index contributed by atoms with van der Waals surface area (Å²) in [6.45, 7) is 1.45. The number of nitrogens with zero attached hydrogens (tertiary/aromatic N) is 3. The number of aliphatic hydroxyl groups is 1. The number of quaternary nitrogens is 1. The minimum absolute atomic E-state index is 0.181. The number of amides is 2. The molecule has 2 amide bonds. The lowest BCUT2D eigenvalue weighted by atomic mass is 9.96. The van der Waals surface area contributed by atoms with Gasteiger partial charge in [-0.15, -0.1) is 0 Å². The molecule has 1 aliphatic heterocycles. The molecule has 1 fully saturated rings. The number of rotatable bonds is 14. The standard InChI is InChI=1S/C18H19N3O3S.C6H8O7.C5H11NO2/c1-21(16-4-2-3-9-19-16)10-11-24-14-7-5-13(6-8-14)12-15-17(22)20-18(23)25-15;7-3(8)1-6(13,5(11)12)2-4(9)10;1-6(2,3)4-5(7)8/h2-9,15H,10-12H2,1H3,(H,20,22,23);13H,1-2H2,(H,7,8)(H,9,10)(H,11,12);4H2,1-3H3/p+1. The average Bonchev–Trinajstić information content (AvgIpc) is 3.24. The van der Waals surface area contributed by atoms with Crippen LogP contribution in [0.1, 0.15) is 18.4 Å². The van der Waals surface area contributed by atoms with Crippen LogP contribution in [0.4, 0.5) is 10.6 Å². The first kappa shape index (κ1) is 39.3. The number of carbonyl (C=O) groups excluding carboxylic acids is 2. The molecule has 3 rings (SSSR count). The second-order valence-electron chi connectivity index (χ2n) is 11.0. The number of carboxylic acid groups (broad SMARTS) is 4. The van der Waals surface area contributed by atoms with Crippen molar-refractivity contribution in [1.82, 2.24) is 10.3 Å². The predicted octanol–water partition coefficient (Wildman–Crippen LogP) is 1.02. The highest BCUT2D eigenvalue weighted by Gasteiger charge is 2.40. The van der Waals surface area contributed by atoms with Gasteiger partial charge in [-0.1, -0.05) is 30.0 Å². The minimum Gasteiger partial charge on any atom is -0.492 e. The van der Waals surface area contributed by atoms with E-state index in [0.717, 1.165) is 35.4 Å². The number of pyridine rings is 1. The molecular formula is C29H39N4O12S+. The number of anilines is 1. The molecule has 252 valence electrons. The van der Waals surface area contributed by atoms with Crippen LogP contribution < -0.4 is 15.0 Å². The molecule has 1 atom stereocenters. The number of likely N-dealkylation sites (N-methyl/N-ethyl adjacent to an activating group) is 2. The number of aromatic nitrogens is 1. The van der Waals surface area contributed by atoms with Crippen molar-refractivity contribution in [3.8, 4) is 5.75 Å². The molecule has 1 aromatic carbocycles. The van der Waals surface area contributed by atoms with E-state index in [2.05, 4.69) is 10.3 Å². The number of ether oxygens (including phenoxy) is 1. The van der Waals surface area contributed by atoms with Crippen molar-refractivity contribution >= 4 is 52.6 Å². The zero-order chi connectivity index (χ0) is 35.1. The molecule has 1 saturated heterocycles. The summed E-state index contributed by atoms with van der Waals surface area (Å²) in [6.07, 6.45) is 0.01000. The molecule has 2 aromatic rings. The highest BCUT2D eigenvalue weighted by molar-refractivity contribution is 8.15. The monoisotopic (exact) mass is 667 g/mol. The molecule has 16 nitrogen and oxygen atoms in total. The molecular weight excluding hydrogens is 628 g/mol. The summed E-state index contributed by atoms with van der Waals surface area (Å²) in [4.78, 5) is 69.6. The van der Waals surface area contributed by atoms with Crippen molar-refractivity contribution in [2.45, 2.75) is 30.1 Å². The van der Waals surface area contributed by atoms with Gasteiger partial charge in [-0.25, -0.2) is 14.6 Å². The van der Waals surface area contributed by atoms with Crippen LogP contribution in [0.3, 0.4) is 0 Å². The predicted molar refractivity (Wildman–Crippen MR) is 166 cm³/mol. The molecule has 0 bridgehead atoms. The summed E-state index contributed by atoms with van der Waals surface area (Å²) < 4.78 is 6.23. The summed E-state index contributed by atoms with van der Waals surface area (Å²) >= 11 is 1.05. The van der Waals surface area contributed by atoms with Gasteiger partial charge in [0.2, 0.25) is 5.91 Å². The Morgan fingerprint density at radius 3 is 1.93 bits per heavy atom. The summed E-state index contributed by atoms with van der Waals surface area (Å²) in [7, 11) is 7.50. The smallest absolute Gasteiger partial charge is 0.359 e. The summed E-state index contributed by atoms with van der Waals surface area (Å²) in [5, 5.41) is 43.7. The van der Waals surface area contributed by atoms with Crippen LogP contribution in [-0.2, 0) is 30.4 Å². The zero-order valence-corrected chi connectivity index (χ0v) is 26.6. The van der Waals surface area contributed by atoms with Crippen molar-refractivity contribution in [3.05, 3.63) is 54.2 Å². The second-order valence-corrected chi connectivity index (χ2v) is 12.2. The second kappa shape index (κ2) is 18.3.